The number of morpholine rings is 1. The second-order valence-corrected chi connectivity index (χ2v) is 9.45. The Morgan fingerprint density at radius 3 is 2.59 bits per heavy atom. The van der Waals surface area contributed by atoms with Crippen molar-refractivity contribution in [3.63, 3.8) is 0 Å². The number of nitrogens with zero attached hydrogens (tertiary/aromatic N) is 3. The first-order valence-corrected chi connectivity index (χ1v) is 12.1. The molecule has 1 aliphatic heterocycles. The van der Waals surface area contributed by atoms with E-state index >= 15 is 0 Å². The van der Waals surface area contributed by atoms with Gasteiger partial charge in [-0.1, -0.05) is 31.4 Å². The van der Waals surface area contributed by atoms with Gasteiger partial charge in [0.15, 0.2) is 5.96 Å². The van der Waals surface area contributed by atoms with Crippen LogP contribution in [0.3, 0.4) is 0 Å². The van der Waals surface area contributed by atoms with E-state index in [-0.39, 0.29) is 5.91 Å². The highest BCUT2D eigenvalue weighted by Crippen LogP contribution is 2.36. The predicted octanol–water partition coefficient (Wildman–Crippen LogP) is 2.38. The molecule has 178 valence electrons. The summed E-state index contributed by atoms with van der Waals surface area (Å²) in [4.78, 5) is 20.8. The highest BCUT2D eigenvalue weighted by molar-refractivity contribution is 5.94. The highest BCUT2D eigenvalue weighted by Gasteiger charge is 2.34. The standard InChI is InChI=1S/C25H41N5O2/c1-26-24(27-13-10-21-8-7-9-22(18-21)23(31)29(2)3)28-19-25(11-5-4-6-12-25)20-30-14-16-32-17-15-30/h7-9,18H,4-6,10-17,19-20H2,1-3H3,(H2,26,27,28). The van der Waals surface area contributed by atoms with Crippen LogP contribution in [0.4, 0.5) is 0 Å². The molecule has 1 aromatic carbocycles. The average Bonchev–Trinajstić information content (AvgIpc) is 2.82. The van der Waals surface area contributed by atoms with E-state index < -0.39 is 0 Å². The molecule has 0 unspecified atom stereocenters. The summed E-state index contributed by atoms with van der Waals surface area (Å²) in [6.07, 6.45) is 7.39. The summed E-state index contributed by atoms with van der Waals surface area (Å²) in [5.74, 6) is 0.896. The molecule has 1 saturated heterocycles. The molecule has 2 fully saturated rings. The van der Waals surface area contributed by atoms with Crippen LogP contribution in [0.25, 0.3) is 0 Å². The van der Waals surface area contributed by atoms with Gasteiger partial charge in [0.2, 0.25) is 0 Å². The van der Waals surface area contributed by atoms with Gasteiger partial charge < -0.3 is 20.3 Å². The SMILES string of the molecule is CN=C(NCCc1cccc(C(=O)N(C)C)c1)NCC1(CN2CCOCC2)CCCCC1. The normalized spacial score (nSPS) is 19.4. The van der Waals surface area contributed by atoms with E-state index in [9.17, 15) is 4.79 Å². The Morgan fingerprint density at radius 2 is 1.91 bits per heavy atom. The number of benzene rings is 1. The van der Waals surface area contributed by atoms with Gasteiger partial charge in [-0.3, -0.25) is 14.7 Å². The summed E-state index contributed by atoms with van der Waals surface area (Å²) in [5, 5.41) is 7.08. The van der Waals surface area contributed by atoms with Crippen molar-refractivity contribution in [2.24, 2.45) is 10.4 Å². The van der Waals surface area contributed by atoms with Gasteiger partial charge in [-0.15, -0.1) is 0 Å². The third-order valence-electron chi connectivity index (χ3n) is 6.72. The molecule has 1 saturated carbocycles. The number of rotatable bonds is 8. The monoisotopic (exact) mass is 443 g/mol. The molecule has 2 N–H and O–H groups in total. The first-order chi connectivity index (χ1) is 15.5. The molecule has 2 aliphatic rings. The summed E-state index contributed by atoms with van der Waals surface area (Å²) in [5.41, 5.74) is 2.20. The quantitative estimate of drug-likeness (QED) is 0.477. The van der Waals surface area contributed by atoms with Crippen LogP contribution in [0.1, 0.15) is 48.0 Å². The zero-order chi connectivity index (χ0) is 22.8. The number of aliphatic imine (C=N–C) groups is 1. The third kappa shape index (κ3) is 7.20. The Bertz CT molecular complexity index is 752. The van der Waals surface area contributed by atoms with Gasteiger partial charge in [0.05, 0.1) is 13.2 Å². The van der Waals surface area contributed by atoms with Crippen LogP contribution in [0.15, 0.2) is 29.3 Å². The van der Waals surface area contributed by atoms with Crippen molar-refractivity contribution in [1.82, 2.24) is 20.4 Å². The van der Waals surface area contributed by atoms with E-state index in [0.717, 1.165) is 69.4 Å². The van der Waals surface area contributed by atoms with Crippen LogP contribution in [-0.2, 0) is 11.2 Å². The lowest BCUT2D eigenvalue weighted by Crippen LogP contribution is -2.51. The Balaban J connectivity index is 1.50. The summed E-state index contributed by atoms with van der Waals surface area (Å²) < 4.78 is 5.54. The summed E-state index contributed by atoms with van der Waals surface area (Å²) in [7, 11) is 5.40. The maximum absolute atomic E-state index is 12.2. The Kier molecular flexibility index (Phi) is 9.36. The minimum absolute atomic E-state index is 0.0373. The van der Waals surface area contributed by atoms with Crippen molar-refractivity contribution < 1.29 is 9.53 Å². The van der Waals surface area contributed by atoms with E-state index in [1.807, 2.05) is 25.2 Å². The van der Waals surface area contributed by atoms with E-state index in [1.165, 1.54) is 32.1 Å². The number of carbonyl (C=O) groups excluding carboxylic acids is 1. The molecule has 3 rings (SSSR count). The molecule has 0 bridgehead atoms. The maximum atomic E-state index is 12.2. The largest absolute Gasteiger partial charge is 0.379 e. The second kappa shape index (κ2) is 12.2. The number of hydrogen-bond acceptors (Lipinski definition) is 4. The van der Waals surface area contributed by atoms with E-state index in [1.54, 1.807) is 19.0 Å². The third-order valence-corrected chi connectivity index (χ3v) is 6.72. The lowest BCUT2D eigenvalue weighted by atomic mass is 9.73. The fourth-order valence-corrected chi connectivity index (χ4v) is 4.86. The van der Waals surface area contributed by atoms with Crippen molar-refractivity contribution in [3.8, 4) is 0 Å². The maximum Gasteiger partial charge on any atom is 0.253 e. The highest BCUT2D eigenvalue weighted by atomic mass is 16.5. The Hall–Kier alpha value is -2.12. The molecule has 0 radical (unpaired) electrons. The number of nitrogens with one attached hydrogen (secondary N) is 2. The second-order valence-electron chi connectivity index (χ2n) is 9.45. The minimum Gasteiger partial charge on any atom is -0.379 e. The van der Waals surface area contributed by atoms with Gasteiger partial charge in [-0.05, 0) is 37.0 Å². The zero-order valence-electron chi connectivity index (χ0n) is 20.2. The minimum atomic E-state index is 0.0373. The van der Waals surface area contributed by atoms with Gasteiger partial charge in [0.25, 0.3) is 5.91 Å². The zero-order valence-corrected chi connectivity index (χ0v) is 20.2. The van der Waals surface area contributed by atoms with Gasteiger partial charge in [-0.25, -0.2) is 0 Å². The number of carbonyl (C=O) groups is 1. The van der Waals surface area contributed by atoms with E-state index in [2.05, 4.69) is 26.6 Å². The number of amides is 1. The van der Waals surface area contributed by atoms with Crippen molar-refractivity contribution in [3.05, 3.63) is 35.4 Å². The van der Waals surface area contributed by atoms with Crippen LogP contribution in [-0.4, -0.2) is 88.7 Å². The summed E-state index contributed by atoms with van der Waals surface area (Å²) in [6.45, 7) is 6.68. The average molecular weight is 444 g/mol. The first kappa shape index (κ1) is 24.5. The molecule has 32 heavy (non-hydrogen) atoms. The molecule has 1 aliphatic carbocycles. The summed E-state index contributed by atoms with van der Waals surface area (Å²) in [6, 6.07) is 7.89. The molecule has 1 heterocycles. The molecule has 0 spiro atoms. The number of guanidine groups is 1. The molecule has 0 aromatic heterocycles. The van der Waals surface area contributed by atoms with Gasteiger partial charge in [0.1, 0.15) is 0 Å². The van der Waals surface area contributed by atoms with Gasteiger partial charge >= 0.3 is 0 Å². The van der Waals surface area contributed by atoms with Crippen LogP contribution in [0.2, 0.25) is 0 Å². The number of ether oxygens (including phenoxy) is 1. The molecule has 0 atom stereocenters. The molecular weight excluding hydrogens is 402 g/mol. The molecular formula is C25H41N5O2. The first-order valence-electron chi connectivity index (χ1n) is 12.1. The Labute approximate surface area is 193 Å². The van der Waals surface area contributed by atoms with E-state index in [4.69, 9.17) is 4.74 Å². The van der Waals surface area contributed by atoms with Crippen molar-refractivity contribution >= 4 is 11.9 Å². The fraction of sp³-hybridized carbons (Fsp3) is 0.680. The topological polar surface area (TPSA) is 69.2 Å². The fourth-order valence-electron chi connectivity index (χ4n) is 4.86. The van der Waals surface area contributed by atoms with Crippen LogP contribution >= 0.6 is 0 Å². The van der Waals surface area contributed by atoms with Crippen LogP contribution in [0.5, 0.6) is 0 Å². The van der Waals surface area contributed by atoms with Crippen LogP contribution in [0, 0.1) is 5.41 Å². The van der Waals surface area contributed by atoms with Crippen molar-refractivity contribution in [2.75, 3.05) is 67.1 Å². The lowest BCUT2D eigenvalue weighted by molar-refractivity contribution is 0.00820. The smallest absolute Gasteiger partial charge is 0.253 e. The lowest BCUT2D eigenvalue weighted by Gasteiger charge is -2.42. The Morgan fingerprint density at radius 1 is 1.16 bits per heavy atom. The van der Waals surface area contributed by atoms with Crippen LogP contribution < -0.4 is 10.6 Å². The molecule has 7 nitrogen and oxygen atoms in total. The predicted molar refractivity (Wildman–Crippen MR) is 130 cm³/mol. The van der Waals surface area contributed by atoms with Crippen molar-refractivity contribution in [2.45, 2.75) is 38.5 Å². The van der Waals surface area contributed by atoms with Gasteiger partial charge in [-0.2, -0.15) is 0 Å². The molecule has 1 aromatic rings. The molecule has 7 heteroatoms. The van der Waals surface area contributed by atoms with E-state index in [0.29, 0.717) is 5.41 Å². The number of hydrogen-bond donors (Lipinski definition) is 2. The van der Waals surface area contributed by atoms with Gasteiger partial charge in [0, 0.05) is 64.8 Å². The molecule has 1 amide bonds. The van der Waals surface area contributed by atoms with Crippen molar-refractivity contribution in [1.29, 1.82) is 0 Å². The summed E-state index contributed by atoms with van der Waals surface area (Å²) >= 11 is 0.